The Kier molecular flexibility index (Phi) is 6.36. The second-order valence-electron chi connectivity index (χ2n) is 9.45. The second kappa shape index (κ2) is 9.22. The van der Waals surface area contributed by atoms with E-state index in [4.69, 9.17) is 15.7 Å². The fourth-order valence-corrected chi connectivity index (χ4v) is 4.21. The maximum atomic E-state index is 13.4. The maximum Gasteiger partial charge on any atom is 0.257 e. The Labute approximate surface area is 195 Å². The van der Waals surface area contributed by atoms with Gasteiger partial charge in [-0.2, -0.15) is 0 Å². The number of carbonyl (C=O) groups excluding carboxylic acids is 1. The molecule has 0 radical (unpaired) electrons. The van der Waals surface area contributed by atoms with Crippen LogP contribution in [0.25, 0.3) is 27.9 Å². The lowest BCUT2D eigenvalue weighted by molar-refractivity contribution is 0.0940. The fourth-order valence-electron chi connectivity index (χ4n) is 4.21. The highest BCUT2D eigenvalue weighted by molar-refractivity contribution is 6.11. The van der Waals surface area contributed by atoms with E-state index in [9.17, 15) is 4.79 Å². The average molecular weight is 444 g/mol. The summed E-state index contributed by atoms with van der Waals surface area (Å²) in [5, 5.41) is 3.14. The van der Waals surface area contributed by atoms with E-state index in [0.29, 0.717) is 28.5 Å². The van der Waals surface area contributed by atoms with Gasteiger partial charge in [0.1, 0.15) is 16.9 Å². The molecular weight excluding hydrogens is 410 g/mol. The molecule has 3 N–H and O–H groups in total. The molecule has 6 heteroatoms. The quantitative estimate of drug-likeness (QED) is 0.383. The van der Waals surface area contributed by atoms with Crippen molar-refractivity contribution in [2.24, 2.45) is 5.92 Å². The number of anilines is 1. The Morgan fingerprint density at radius 2 is 1.70 bits per heavy atom. The normalized spacial score (nSPS) is 12.5. The summed E-state index contributed by atoms with van der Waals surface area (Å²) in [6.45, 7) is 10.6. The van der Waals surface area contributed by atoms with Crippen LogP contribution in [0.5, 0.6) is 0 Å². The van der Waals surface area contributed by atoms with E-state index in [1.165, 1.54) is 5.56 Å². The lowest BCUT2D eigenvalue weighted by atomic mass is 10.0. The fraction of sp³-hybridized carbons (Fsp3) is 0.370. The molecule has 33 heavy (non-hydrogen) atoms. The van der Waals surface area contributed by atoms with Crippen molar-refractivity contribution in [3.05, 3.63) is 59.2 Å². The number of nitrogens with one attached hydrogen (secondary N) is 1. The lowest BCUT2D eigenvalue weighted by Crippen LogP contribution is -2.33. The molecule has 0 aliphatic carbocycles. The molecule has 2 aromatic heterocycles. The van der Waals surface area contributed by atoms with E-state index in [2.05, 4.69) is 45.1 Å². The number of hydrogen-bond acceptors (Lipinski definition) is 4. The van der Waals surface area contributed by atoms with E-state index in [-0.39, 0.29) is 11.9 Å². The summed E-state index contributed by atoms with van der Waals surface area (Å²) in [7, 11) is 0. The first-order valence-electron chi connectivity index (χ1n) is 11.7. The van der Waals surface area contributed by atoms with Gasteiger partial charge in [0.25, 0.3) is 5.91 Å². The van der Waals surface area contributed by atoms with Gasteiger partial charge in [0.2, 0.25) is 0 Å². The number of fused-ring (bicyclic) bond motifs is 2. The highest BCUT2D eigenvalue weighted by Crippen LogP contribution is 2.31. The number of aryl methyl sites for hydroxylation is 2. The Morgan fingerprint density at radius 1 is 1.00 bits per heavy atom. The first kappa shape index (κ1) is 22.8. The molecule has 1 atom stereocenters. The maximum absolute atomic E-state index is 13.4. The molecule has 172 valence electrons. The van der Waals surface area contributed by atoms with Crippen molar-refractivity contribution in [2.45, 2.75) is 59.9 Å². The van der Waals surface area contributed by atoms with Crippen molar-refractivity contribution in [3.63, 3.8) is 0 Å². The molecule has 4 aromatic rings. The molecular formula is C27H33N5O. The summed E-state index contributed by atoms with van der Waals surface area (Å²) in [4.78, 5) is 23.1. The third-order valence-electron chi connectivity index (χ3n) is 6.27. The van der Waals surface area contributed by atoms with Gasteiger partial charge in [-0.15, -0.1) is 0 Å². The van der Waals surface area contributed by atoms with Gasteiger partial charge < -0.3 is 11.1 Å². The SMILES string of the molecule is Cc1ccc(-n2c(N)c(C(=O)N[C@@H](C)CCCC(C)C)c3nc4ccccc4nc32)cc1C. The van der Waals surface area contributed by atoms with E-state index >= 15 is 0 Å². The van der Waals surface area contributed by atoms with Gasteiger partial charge in [-0.25, -0.2) is 9.97 Å². The van der Waals surface area contributed by atoms with E-state index < -0.39 is 0 Å². The molecule has 0 unspecified atom stereocenters. The minimum absolute atomic E-state index is 0.0454. The lowest BCUT2D eigenvalue weighted by Gasteiger charge is -2.15. The molecule has 2 aromatic carbocycles. The van der Waals surface area contributed by atoms with Gasteiger partial charge in [0, 0.05) is 11.7 Å². The van der Waals surface area contributed by atoms with E-state index in [1.807, 2.05) is 41.8 Å². The first-order valence-corrected chi connectivity index (χ1v) is 11.7. The van der Waals surface area contributed by atoms with Crippen molar-refractivity contribution in [1.82, 2.24) is 19.9 Å². The zero-order valence-corrected chi connectivity index (χ0v) is 20.1. The highest BCUT2D eigenvalue weighted by Gasteiger charge is 2.25. The summed E-state index contributed by atoms with van der Waals surface area (Å²) in [6, 6.07) is 13.9. The minimum Gasteiger partial charge on any atom is -0.384 e. The molecule has 4 rings (SSSR count). The van der Waals surface area contributed by atoms with Crippen molar-refractivity contribution in [1.29, 1.82) is 0 Å². The van der Waals surface area contributed by atoms with Crippen LogP contribution in [0.4, 0.5) is 5.82 Å². The van der Waals surface area contributed by atoms with Crippen LogP contribution in [0, 0.1) is 19.8 Å². The Bertz CT molecular complexity index is 1320. The van der Waals surface area contributed by atoms with E-state index in [1.54, 1.807) is 0 Å². The summed E-state index contributed by atoms with van der Waals surface area (Å²) >= 11 is 0. The van der Waals surface area contributed by atoms with Crippen LogP contribution in [0.3, 0.4) is 0 Å². The number of benzene rings is 2. The third kappa shape index (κ3) is 4.56. The van der Waals surface area contributed by atoms with Gasteiger partial charge >= 0.3 is 0 Å². The standard InChI is InChI=1S/C27H33N5O/c1-16(2)9-8-10-19(5)29-27(33)23-24-26(31-22-12-7-6-11-21(22)30-24)32(25(23)28)20-14-13-17(3)18(4)15-20/h6-7,11-16,19H,8-10,28H2,1-5H3,(H,29,33)/t19-/m0/s1. The van der Waals surface area contributed by atoms with Crippen molar-refractivity contribution < 1.29 is 4.79 Å². The first-order chi connectivity index (χ1) is 15.8. The topological polar surface area (TPSA) is 85.8 Å². The van der Waals surface area contributed by atoms with Crippen molar-refractivity contribution >= 4 is 33.9 Å². The molecule has 6 nitrogen and oxygen atoms in total. The van der Waals surface area contributed by atoms with Crippen molar-refractivity contribution in [3.8, 4) is 5.69 Å². The molecule has 0 fully saturated rings. The van der Waals surface area contributed by atoms with Crippen LogP contribution >= 0.6 is 0 Å². The average Bonchev–Trinajstić information content (AvgIpc) is 3.04. The zero-order valence-electron chi connectivity index (χ0n) is 20.1. The number of nitrogen functional groups attached to an aromatic ring is 1. The van der Waals surface area contributed by atoms with Gasteiger partial charge in [0.05, 0.1) is 11.0 Å². The van der Waals surface area contributed by atoms with Crippen molar-refractivity contribution in [2.75, 3.05) is 5.73 Å². The number of rotatable bonds is 7. The smallest absolute Gasteiger partial charge is 0.257 e. The van der Waals surface area contributed by atoms with Gasteiger partial charge in [-0.1, -0.05) is 44.9 Å². The predicted octanol–water partition coefficient (Wildman–Crippen LogP) is 5.72. The van der Waals surface area contributed by atoms with Crippen LogP contribution in [0.2, 0.25) is 0 Å². The zero-order chi connectivity index (χ0) is 23.7. The molecule has 0 saturated carbocycles. The number of carbonyl (C=O) groups is 1. The summed E-state index contributed by atoms with van der Waals surface area (Å²) in [5.41, 5.74) is 12.8. The number of nitrogens with zero attached hydrogens (tertiary/aromatic N) is 3. The molecule has 0 aliphatic heterocycles. The minimum atomic E-state index is -0.207. The van der Waals surface area contributed by atoms with Crippen LogP contribution < -0.4 is 11.1 Å². The van der Waals surface area contributed by atoms with Gasteiger partial charge in [0.15, 0.2) is 5.65 Å². The summed E-state index contributed by atoms with van der Waals surface area (Å²) < 4.78 is 1.85. The molecule has 2 heterocycles. The summed E-state index contributed by atoms with van der Waals surface area (Å²) in [6.07, 6.45) is 3.14. The van der Waals surface area contributed by atoms with Crippen LogP contribution in [0.15, 0.2) is 42.5 Å². The Hall–Kier alpha value is -3.41. The highest BCUT2D eigenvalue weighted by atomic mass is 16.1. The number of aromatic nitrogens is 3. The van der Waals surface area contributed by atoms with Crippen LogP contribution in [-0.4, -0.2) is 26.5 Å². The van der Waals surface area contributed by atoms with Gasteiger partial charge in [-0.3, -0.25) is 9.36 Å². The molecule has 1 amide bonds. The van der Waals surface area contributed by atoms with Crippen LogP contribution in [-0.2, 0) is 0 Å². The molecule has 0 spiro atoms. The number of nitrogens with two attached hydrogens (primary N) is 1. The van der Waals surface area contributed by atoms with Gasteiger partial charge in [-0.05, 0) is 68.5 Å². The number of para-hydroxylation sites is 2. The molecule has 0 bridgehead atoms. The van der Waals surface area contributed by atoms with Crippen LogP contribution in [0.1, 0.15) is 61.5 Å². The number of hydrogen-bond donors (Lipinski definition) is 2. The third-order valence-corrected chi connectivity index (χ3v) is 6.27. The second-order valence-corrected chi connectivity index (χ2v) is 9.45. The predicted molar refractivity (Wildman–Crippen MR) is 136 cm³/mol. The van der Waals surface area contributed by atoms with E-state index in [0.717, 1.165) is 41.5 Å². The number of amides is 1. The molecule has 0 aliphatic rings. The Balaban J connectivity index is 1.81. The summed E-state index contributed by atoms with van der Waals surface area (Å²) in [5.74, 6) is 0.806. The monoisotopic (exact) mass is 443 g/mol. The largest absolute Gasteiger partial charge is 0.384 e. The Morgan fingerprint density at radius 3 is 2.36 bits per heavy atom. The molecule has 0 saturated heterocycles.